The molecule has 0 unspecified atom stereocenters. The van der Waals surface area contributed by atoms with E-state index in [1.54, 1.807) is 11.3 Å². The summed E-state index contributed by atoms with van der Waals surface area (Å²) in [6, 6.07) is 2.08. The van der Waals surface area contributed by atoms with Crippen molar-refractivity contribution >= 4 is 27.3 Å². The van der Waals surface area contributed by atoms with Crippen molar-refractivity contribution in [3.8, 4) is 0 Å². The van der Waals surface area contributed by atoms with Gasteiger partial charge in [0.1, 0.15) is 0 Å². The van der Waals surface area contributed by atoms with Crippen LogP contribution >= 0.6 is 27.3 Å². The largest absolute Gasteiger partial charge is 0.313 e. The summed E-state index contributed by atoms with van der Waals surface area (Å²) in [6.07, 6.45) is 3.31. The maximum atomic E-state index is 4.57. The van der Waals surface area contributed by atoms with Gasteiger partial charge in [0.15, 0.2) is 0 Å². The summed E-state index contributed by atoms with van der Waals surface area (Å²) in [7, 11) is 0. The lowest BCUT2D eigenvalue weighted by atomic mass is 10.2. The van der Waals surface area contributed by atoms with E-state index in [1.807, 2.05) is 4.68 Å². The van der Waals surface area contributed by atoms with Crippen molar-refractivity contribution < 1.29 is 0 Å². The first-order valence-electron chi connectivity index (χ1n) is 6.16. The fourth-order valence-electron chi connectivity index (χ4n) is 1.80. The first kappa shape index (κ1) is 13.8. The number of rotatable bonds is 6. The molecule has 0 atom stereocenters. The molecule has 2 rings (SSSR count). The van der Waals surface area contributed by atoms with E-state index >= 15 is 0 Å². The Morgan fingerprint density at radius 1 is 1.50 bits per heavy atom. The number of hydrogen-bond acceptors (Lipinski definition) is 3. The highest BCUT2D eigenvalue weighted by atomic mass is 79.9. The second-order valence-electron chi connectivity index (χ2n) is 4.31. The highest BCUT2D eigenvalue weighted by Gasteiger charge is 2.07. The molecule has 0 aliphatic heterocycles. The summed E-state index contributed by atoms with van der Waals surface area (Å²) >= 11 is 5.31. The Balaban J connectivity index is 2.02. The predicted molar refractivity (Wildman–Crippen MR) is 80.1 cm³/mol. The van der Waals surface area contributed by atoms with Gasteiger partial charge in [-0.25, -0.2) is 0 Å². The molecule has 5 heteroatoms. The molecule has 2 aromatic rings. The van der Waals surface area contributed by atoms with Gasteiger partial charge in [0, 0.05) is 27.7 Å². The quantitative estimate of drug-likeness (QED) is 0.822. The van der Waals surface area contributed by atoms with Crippen molar-refractivity contribution in [1.29, 1.82) is 0 Å². The van der Waals surface area contributed by atoms with Crippen molar-refractivity contribution in [3.05, 3.63) is 38.3 Å². The minimum Gasteiger partial charge on any atom is -0.313 e. The lowest BCUT2D eigenvalue weighted by Crippen LogP contribution is -2.13. The van der Waals surface area contributed by atoms with Gasteiger partial charge in [-0.2, -0.15) is 5.10 Å². The van der Waals surface area contributed by atoms with Gasteiger partial charge in [0.05, 0.1) is 12.2 Å². The first-order chi connectivity index (χ1) is 8.70. The van der Waals surface area contributed by atoms with E-state index in [-0.39, 0.29) is 0 Å². The van der Waals surface area contributed by atoms with Crippen LogP contribution in [0.2, 0.25) is 0 Å². The molecule has 0 aromatic carbocycles. The fraction of sp³-hybridized carbons (Fsp3) is 0.462. The normalized spacial score (nSPS) is 11.1. The second kappa shape index (κ2) is 6.50. The highest BCUT2D eigenvalue weighted by molar-refractivity contribution is 9.10. The molecule has 18 heavy (non-hydrogen) atoms. The molecule has 1 N–H and O–H groups in total. The van der Waals surface area contributed by atoms with E-state index < -0.39 is 0 Å². The summed E-state index contributed by atoms with van der Waals surface area (Å²) in [5, 5.41) is 10.1. The summed E-state index contributed by atoms with van der Waals surface area (Å²) < 4.78 is 3.20. The Morgan fingerprint density at radius 3 is 3.00 bits per heavy atom. The molecular weight excluding hydrogens is 310 g/mol. The van der Waals surface area contributed by atoms with E-state index in [4.69, 9.17) is 0 Å². The van der Waals surface area contributed by atoms with E-state index in [1.165, 1.54) is 14.9 Å². The van der Waals surface area contributed by atoms with Crippen molar-refractivity contribution in [2.45, 2.75) is 33.4 Å². The Morgan fingerprint density at radius 2 is 2.33 bits per heavy atom. The average Bonchev–Trinajstić information content (AvgIpc) is 2.88. The van der Waals surface area contributed by atoms with Gasteiger partial charge < -0.3 is 5.32 Å². The zero-order valence-corrected chi connectivity index (χ0v) is 13.1. The van der Waals surface area contributed by atoms with Crippen molar-refractivity contribution in [2.75, 3.05) is 6.54 Å². The van der Waals surface area contributed by atoms with E-state index in [0.29, 0.717) is 0 Å². The predicted octanol–water partition coefficient (Wildman–Crippen LogP) is 3.56. The molecule has 0 saturated heterocycles. The number of aryl methyl sites for hydroxylation is 1. The topological polar surface area (TPSA) is 29.9 Å². The van der Waals surface area contributed by atoms with Crippen LogP contribution < -0.4 is 5.32 Å². The van der Waals surface area contributed by atoms with Gasteiger partial charge in [-0.05, 0) is 47.3 Å². The summed E-state index contributed by atoms with van der Waals surface area (Å²) in [4.78, 5) is 1.31. The molecule has 2 heterocycles. The van der Waals surface area contributed by atoms with E-state index in [2.05, 4.69) is 57.8 Å². The van der Waals surface area contributed by atoms with Crippen molar-refractivity contribution in [3.63, 3.8) is 0 Å². The smallest absolute Gasteiger partial charge is 0.0763 e. The molecule has 3 nitrogen and oxygen atoms in total. The third-order valence-electron chi connectivity index (χ3n) is 2.79. The summed E-state index contributed by atoms with van der Waals surface area (Å²) in [5.74, 6) is 0. The molecule has 0 radical (unpaired) electrons. The van der Waals surface area contributed by atoms with Crippen LogP contribution in [0, 0.1) is 6.92 Å². The Hall–Kier alpha value is -0.650. The van der Waals surface area contributed by atoms with Gasteiger partial charge in [-0.3, -0.25) is 4.68 Å². The lowest BCUT2D eigenvalue weighted by Gasteiger charge is -2.00. The van der Waals surface area contributed by atoms with Crippen molar-refractivity contribution in [2.24, 2.45) is 0 Å². The second-order valence-corrected chi connectivity index (χ2v) is 6.16. The van der Waals surface area contributed by atoms with Crippen LogP contribution in [-0.2, 0) is 13.1 Å². The van der Waals surface area contributed by atoms with Gasteiger partial charge in [-0.1, -0.05) is 6.92 Å². The van der Waals surface area contributed by atoms with Crippen LogP contribution in [0.5, 0.6) is 0 Å². The maximum absolute atomic E-state index is 4.57. The van der Waals surface area contributed by atoms with Crippen molar-refractivity contribution in [1.82, 2.24) is 15.1 Å². The average molecular weight is 328 g/mol. The van der Waals surface area contributed by atoms with E-state index in [0.717, 1.165) is 31.7 Å². The third-order valence-corrected chi connectivity index (χ3v) is 4.70. The van der Waals surface area contributed by atoms with Crippen LogP contribution in [0.3, 0.4) is 0 Å². The summed E-state index contributed by atoms with van der Waals surface area (Å²) in [6.45, 7) is 7.06. The minimum atomic E-state index is 0.840. The van der Waals surface area contributed by atoms with Gasteiger partial charge in [0.25, 0.3) is 0 Å². The molecule has 0 amide bonds. The third kappa shape index (κ3) is 3.43. The number of halogens is 1. The van der Waals surface area contributed by atoms with Crippen LogP contribution in [0.1, 0.15) is 29.5 Å². The highest BCUT2D eigenvalue weighted by Crippen LogP contribution is 2.23. The molecule has 0 saturated carbocycles. The molecule has 0 bridgehead atoms. The first-order valence-corrected chi connectivity index (χ1v) is 7.83. The lowest BCUT2D eigenvalue weighted by molar-refractivity contribution is 0.670. The minimum absolute atomic E-state index is 0.840. The van der Waals surface area contributed by atoms with Crippen LogP contribution in [0.25, 0.3) is 0 Å². The molecule has 0 fully saturated rings. The monoisotopic (exact) mass is 327 g/mol. The number of nitrogens with one attached hydrogen (secondary N) is 1. The number of thiophene rings is 1. The molecule has 0 spiro atoms. The fourth-order valence-corrected chi connectivity index (χ4v) is 3.27. The Kier molecular flexibility index (Phi) is 4.97. The van der Waals surface area contributed by atoms with E-state index in [9.17, 15) is 0 Å². The van der Waals surface area contributed by atoms with Crippen LogP contribution in [0.4, 0.5) is 0 Å². The number of nitrogens with zero attached hydrogens (tertiary/aromatic N) is 2. The maximum Gasteiger partial charge on any atom is 0.0763 e. The number of hydrogen-bond donors (Lipinski definition) is 1. The molecule has 0 aliphatic rings. The van der Waals surface area contributed by atoms with Gasteiger partial charge in [0.2, 0.25) is 0 Å². The standard InChI is InChI=1S/C13H18BrN3S/c1-3-5-15-7-11-8-17(16-10(11)2)9-13-12(14)4-6-18-13/h4,6,8,15H,3,5,7,9H2,1-2H3. The molecular formula is C13H18BrN3S. The van der Waals surface area contributed by atoms with Crippen LogP contribution in [0.15, 0.2) is 22.1 Å². The van der Waals surface area contributed by atoms with Gasteiger partial charge in [-0.15, -0.1) is 11.3 Å². The van der Waals surface area contributed by atoms with Gasteiger partial charge >= 0.3 is 0 Å². The molecule has 0 aliphatic carbocycles. The summed E-state index contributed by atoms with van der Waals surface area (Å²) in [5.41, 5.74) is 2.41. The Bertz CT molecular complexity index is 504. The molecule has 98 valence electrons. The SMILES string of the molecule is CCCNCc1cn(Cc2sccc2Br)nc1C. The Labute approximate surface area is 120 Å². The van der Waals surface area contributed by atoms with Crippen LogP contribution in [-0.4, -0.2) is 16.3 Å². The zero-order chi connectivity index (χ0) is 13.0. The number of aromatic nitrogens is 2. The molecule has 2 aromatic heterocycles. The zero-order valence-electron chi connectivity index (χ0n) is 10.7.